The van der Waals surface area contributed by atoms with Crippen molar-refractivity contribution in [1.82, 2.24) is 25.1 Å². The van der Waals surface area contributed by atoms with Crippen molar-refractivity contribution in [3.63, 3.8) is 0 Å². The summed E-state index contributed by atoms with van der Waals surface area (Å²) in [5.74, 6) is 1.41. The molecule has 2 atom stereocenters. The monoisotopic (exact) mass is 359 g/mol. The molecular weight excluding hydrogens is 330 g/mol. The van der Waals surface area contributed by atoms with Crippen LogP contribution in [0.15, 0.2) is 6.20 Å². The van der Waals surface area contributed by atoms with Gasteiger partial charge in [0.2, 0.25) is 5.91 Å². The highest BCUT2D eigenvalue weighted by molar-refractivity contribution is 5.81. The first kappa shape index (κ1) is 17.8. The maximum absolute atomic E-state index is 13.0. The lowest BCUT2D eigenvalue weighted by Gasteiger charge is -2.38. The normalized spacial score (nSPS) is 25.6. The molecule has 26 heavy (non-hydrogen) atoms. The molecule has 142 valence electrons. The standard InChI is InChI=1S/C19H29N5O2/c1-14(23-7-9-26-10-8-23)19(25)24-6-2-3-15(13-24)18-21-12-16-11-20-5-4-17(16)22-18/h12,14-15,20H,2-11,13H2,1H3/t14-,15+/m1/s1. The highest BCUT2D eigenvalue weighted by atomic mass is 16.5. The smallest absolute Gasteiger partial charge is 0.239 e. The Kier molecular flexibility index (Phi) is 5.47. The van der Waals surface area contributed by atoms with Crippen LogP contribution in [0.2, 0.25) is 0 Å². The molecule has 0 aliphatic carbocycles. The molecule has 7 heteroatoms. The van der Waals surface area contributed by atoms with E-state index in [1.807, 2.05) is 18.0 Å². The number of rotatable bonds is 3. The third kappa shape index (κ3) is 3.75. The van der Waals surface area contributed by atoms with Crippen molar-refractivity contribution >= 4 is 5.91 Å². The molecule has 1 aromatic rings. The van der Waals surface area contributed by atoms with E-state index in [1.54, 1.807) is 0 Å². The number of nitrogens with zero attached hydrogens (tertiary/aromatic N) is 4. The van der Waals surface area contributed by atoms with Crippen molar-refractivity contribution in [3.05, 3.63) is 23.3 Å². The minimum absolute atomic E-state index is 0.0758. The van der Waals surface area contributed by atoms with Crippen molar-refractivity contribution in [2.75, 3.05) is 45.9 Å². The lowest BCUT2D eigenvalue weighted by Crippen LogP contribution is -2.52. The van der Waals surface area contributed by atoms with Gasteiger partial charge in [0.1, 0.15) is 5.82 Å². The van der Waals surface area contributed by atoms with Crippen LogP contribution in [0.25, 0.3) is 0 Å². The van der Waals surface area contributed by atoms with E-state index in [1.165, 1.54) is 11.3 Å². The lowest BCUT2D eigenvalue weighted by atomic mass is 9.96. The Morgan fingerprint density at radius 1 is 1.35 bits per heavy atom. The number of hydrogen-bond donors (Lipinski definition) is 1. The van der Waals surface area contributed by atoms with Crippen molar-refractivity contribution < 1.29 is 9.53 Å². The summed E-state index contributed by atoms with van der Waals surface area (Å²) >= 11 is 0. The van der Waals surface area contributed by atoms with E-state index in [-0.39, 0.29) is 17.9 Å². The van der Waals surface area contributed by atoms with Crippen molar-refractivity contribution in [1.29, 1.82) is 0 Å². The van der Waals surface area contributed by atoms with E-state index in [4.69, 9.17) is 9.72 Å². The van der Waals surface area contributed by atoms with Crippen molar-refractivity contribution in [2.24, 2.45) is 0 Å². The summed E-state index contributed by atoms with van der Waals surface area (Å²) in [6.07, 6.45) is 5.02. The lowest BCUT2D eigenvalue weighted by molar-refractivity contribution is -0.139. The Bertz CT molecular complexity index is 647. The van der Waals surface area contributed by atoms with E-state index in [2.05, 4.69) is 15.2 Å². The topological polar surface area (TPSA) is 70.6 Å². The van der Waals surface area contributed by atoms with Crippen LogP contribution in [0.5, 0.6) is 0 Å². The van der Waals surface area contributed by atoms with Crippen LogP contribution in [0, 0.1) is 0 Å². The number of nitrogens with one attached hydrogen (secondary N) is 1. The summed E-state index contributed by atoms with van der Waals surface area (Å²) < 4.78 is 5.41. The van der Waals surface area contributed by atoms with Gasteiger partial charge in [-0.25, -0.2) is 9.97 Å². The van der Waals surface area contributed by atoms with E-state index in [0.717, 1.165) is 77.6 Å². The molecule has 7 nitrogen and oxygen atoms in total. The van der Waals surface area contributed by atoms with Gasteiger partial charge in [0.05, 0.1) is 19.3 Å². The van der Waals surface area contributed by atoms with E-state index >= 15 is 0 Å². The van der Waals surface area contributed by atoms with Crippen LogP contribution in [0.3, 0.4) is 0 Å². The number of ether oxygens (including phenoxy) is 1. The molecule has 2 fully saturated rings. The Hall–Kier alpha value is -1.57. The Labute approximate surface area is 155 Å². The summed E-state index contributed by atoms with van der Waals surface area (Å²) in [5.41, 5.74) is 2.39. The van der Waals surface area contributed by atoms with Gasteiger partial charge in [0.15, 0.2) is 0 Å². The van der Waals surface area contributed by atoms with Gasteiger partial charge in [-0.2, -0.15) is 0 Å². The number of carbonyl (C=O) groups is 1. The SMILES string of the molecule is C[C@H](C(=O)N1CCC[C@H](c2ncc3c(n2)CCNC3)C1)N1CCOCC1. The summed E-state index contributed by atoms with van der Waals surface area (Å²) in [4.78, 5) is 26.7. The molecule has 0 radical (unpaired) electrons. The molecule has 0 saturated carbocycles. The van der Waals surface area contributed by atoms with Crippen LogP contribution in [0.4, 0.5) is 0 Å². The number of morpholine rings is 1. The summed E-state index contributed by atoms with van der Waals surface area (Å²) in [7, 11) is 0. The first-order valence-corrected chi connectivity index (χ1v) is 9.88. The van der Waals surface area contributed by atoms with Gasteiger partial charge >= 0.3 is 0 Å². The van der Waals surface area contributed by atoms with Gasteiger partial charge in [0.25, 0.3) is 0 Å². The molecular formula is C19H29N5O2. The van der Waals surface area contributed by atoms with Crippen molar-refractivity contribution in [3.8, 4) is 0 Å². The average molecular weight is 359 g/mol. The number of hydrogen-bond acceptors (Lipinski definition) is 6. The zero-order valence-electron chi connectivity index (χ0n) is 15.6. The second-order valence-corrected chi connectivity index (χ2v) is 7.57. The van der Waals surface area contributed by atoms with E-state index in [0.29, 0.717) is 0 Å². The fourth-order valence-electron chi connectivity index (χ4n) is 4.22. The molecule has 1 aromatic heterocycles. The highest BCUT2D eigenvalue weighted by Crippen LogP contribution is 2.26. The minimum atomic E-state index is -0.0758. The fourth-order valence-corrected chi connectivity index (χ4v) is 4.22. The fraction of sp³-hybridized carbons (Fsp3) is 0.737. The third-order valence-electron chi connectivity index (χ3n) is 5.88. The Morgan fingerprint density at radius 3 is 3.04 bits per heavy atom. The first-order chi connectivity index (χ1) is 12.7. The molecule has 4 heterocycles. The maximum Gasteiger partial charge on any atom is 0.239 e. The number of fused-ring (bicyclic) bond motifs is 1. The number of likely N-dealkylation sites (tertiary alicyclic amines) is 1. The van der Waals surface area contributed by atoms with Crippen molar-refractivity contribution in [2.45, 2.75) is 44.7 Å². The molecule has 1 N–H and O–H groups in total. The highest BCUT2D eigenvalue weighted by Gasteiger charge is 2.32. The predicted molar refractivity (Wildman–Crippen MR) is 97.9 cm³/mol. The maximum atomic E-state index is 13.0. The number of aromatic nitrogens is 2. The van der Waals surface area contributed by atoms with Gasteiger partial charge in [-0.05, 0) is 19.8 Å². The van der Waals surface area contributed by atoms with Crippen LogP contribution in [-0.2, 0) is 22.5 Å². The molecule has 4 rings (SSSR count). The van der Waals surface area contributed by atoms with Gasteiger partial charge in [0, 0.05) is 69.1 Å². The molecule has 1 amide bonds. The Balaban J connectivity index is 1.43. The number of piperidine rings is 1. The van der Waals surface area contributed by atoms with Crippen LogP contribution in [0.1, 0.15) is 42.8 Å². The zero-order valence-corrected chi connectivity index (χ0v) is 15.6. The predicted octanol–water partition coefficient (Wildman–Crippen LogP) is 0.549. The summed E-state index contributed by atoms with van der Waals surface area (Å²) in [6.45, 7) is 8.58. The molecule has 0 spiro atoms. The van der Waals surface area contributed by atoms with Gasteiger partial charge in [-0.1, -0.05) is 0 Å². The third-order valence-corrected chi connectivity index (χ3v) is 5.88. The minimum Gasteiger partial charge on any atom is -0.379 e. The molecule has 0 bridgehead atoms. The molecule has 3 aliphatic rings. The zero-order chi connectivity index (χ0) is 17.9. The van der Waals surface area contributed by atoms with Gasteiger partial charge < -0.3 is 15.0 Å². The quantitative estimate of drug-likeness (QED) is 0.850. The average Bonchev–Trinajstić information content (AvgIpc) is 2.73. The molecule has 3 aliphatic heterocycles. The number of carbonyl (C=O) groups excluding carboxylic acids is 1. The van der Waals surface area contributed by atoms with E-state index in [9.17, 15) is 4.79 Å². The molecule has 2 saturated heterocycles. The summed E-state index contributed by atoms with van der Waals surface area (Å²) in [5, 5.41) is 3.36. The van der Waals surface area contributed by atoms with E-state index < -0.39 is 0 Å². The molecule has 0 aromatic carbocycles. The summed E-state index contributed by atoms with van der Waals surface area (Å²) in [6, 6.07) is -0.0758. The van der Waals surface area contributed by atoms with Crippen LogP contribution >= 0.6 is 0 Å². The van der Waals surface area contributed by atoms with Gasteiger partial charge in [-0.15, -0.1) is 0 Å². The second kappa shape index (κ2) is 7.98. The van der Waals surface area contributed by atoms with Crippen LogP contribution < -0.4 is 5.32 Å². The van der Waals surface area contributed by atoms with Gasteiger partial charge in [-0.3, -0.25) is 9.69 Å². The molecule has 0 unspecified atom stereocenters. The second-order valence-electron chi connectivity index (χ2n) is 7.57. The number of amides is 1. The first-order valence-electron chi connectivity index (χ1n) is 9.88. The largest absolute Gasteiger partial charge is 0.379 e. The van der Waals surface area contributed by atoms with Crippen LogP contribution in [-0.4, -0.2) is 77.7 Å². The Morgan fingerprint density at radius 2 is 2.19 bits per heavy atom.